The van der Waals surface area contributed by atoms with Gasteiger partial charge in [0, 0.05) is 13.7 Å². The molecule has 156 valence electrons. The number of rotatable bonds is 9. The Bertz CT molecular complexity index is 918. The van der Waals surface area contributed by atoms with Crippen molar-refractivity contribution in [2.24, 2.45) is 5.92 Å². The van der Waals surface area contributed by atoms with Crippen LogP contribution < -0.4 is 4.74 Å². The van der Waals surface area contributed by atoms with Gasteiger partial charge in [-0.05, 0) is 41.8 Å². The summed E-state index contributed by atoms with van der Waals surface area (Å²) >= 11 is 0. The lowest BCUT2D eigenvalue weighted by Gasteiger charge is -2.24. The molecular formula is C23H24N2O5. The van der Waals surface area contributed by atoms with Crippen LogP contribution in [0.4, 0.5) is 0 Å². The standard InChI is InChI=1S/C23H24N2O5/c1-29-11-10-25-20(12-19(23(25)28)13-22(26)27)15-30-21-8-6-18(7-9-21)17-4-2-16(14-24)3-5-17/h2-9,19-20H,10-13,15H2,1H3,(H,26,27)/t19-,20-/m0/s1. The Morgan fingerprint density at radius 3 is 2.37 bits per heavy atom. The number of methoxy groups -OCH3 is 1. The summed E-state index contributed by atoms with van der Waals surface area (Å²) in [5.41, 5.74) is 2.62. The minimum absolute atomic E-state index is 0.154. The first-order chi connectivity index (χ1) is 14.5. The molecule has 1 heterocycles. The third kappa shape index (κ3) is 5.16. The average Bonchev–Trinajstić information content (AvgIpc) is 3.05. The normalized spacial score (nSPS) is 18.3. The molecule has 0 aromatic heterocycles. The Kier molecular flexibility index (Phi) is 7.04. The number of ether oxygens (including phenoxy) is 2. The molecule has 1 N–H and O–H groups in total. The summed E-state index contributed by atoms with van der Waals surface area (Å²) in [7, 11) is 1.57. The number of nitriles is 1. The van der Waals surface area contributed by atoms with E-state index in [9.17, 15) is 9.59 Å². The molecule has 1 fully saturated rings. The third-order valence-electron chi connectivity index (χ3n) is 5.23. The summed E-state index contributed by atoms with van der Waals surface area (Å²) in [4.78, 5) is 25.3. The minimum Gasteiger partial charge on any atom is -0.491 e. The van der Waals surface area contributed by atoms with Crippen molar-refractivity contribution in [1.29, 1.82) is 5.26 Å². The number of nitrogens with zero attached hydrogens (tertiary/aromatic N) is 2. The molecule has 1 aliphatic rings. The van der Waals surface area contributed by atoms with Crippen LogP contribution in [0.3, 0.4) is 0 Å². The van der Waals surface area contributed by atoms with Crippen LogP contribution in [-0.2, 0) is 14.3 Å². The van der Waals surface area contributed by atoms with Crippen molar-refractivity contribution in [2.45, 2.75) is 18.9 Å². The lowest BCUT2D eigenvalue weighted by molar-refractivity contribution is -0.142. The largest absolute Gasteiger partial charge is 0.491 e. The van der Waals surface area contributed by atoms with Crippen LogP contribution in [0.25, 0.3) is 11.1 Å². The van der Waals surface area contributed by atoms with Gasteiger partial charge in [-0.15, -0.1) is 0 Å². The lowest BCUT2D eigenvalue weighted by Crippen LogP contribution is -2.39. The van der Waals surface area contributed by atoms with Crippen LogP contribution in [0.1, 0.15) is 18.4 Å². The molecule has 7 nitrogen and oxygen atoms in total. The molecule has 3 rings (SSSR count). The van der Waals surface area contributed by atoms with Gasteiger partial charge in [0.25, 0.3) is 0 Å². The Morgan fingerprint density at radius 2 is 1.80 bits per heavy atom. The van der Waals surface area contributed by atoms with E-state index in [1.54, 1.807) is 24.1 Å². The van der Waals surface area contributed by atoms with Crippen LogP contribution in [0.2, 0.25) is 0 Å². The van der Waals surface area contributed by atoms with E-state index in [1.165, 1.54) is 0 Å². The zero-order valence-electron chi connectivity index (χ0n) is 16.8. The number of hydrogen-bond donors (Lipinski definition) is 1. The maximum Gasteiger partial charge on any atom is 0.304 e. The first-order valence-corrected chi connectivity index (χ1v) is 9.76. The van der Waals surface area contributed by atoms with Crippen LogP contribution >= 0.6 is 0 Å². The number of carbonyl (C=O) groups is 2. The molecule has 0 radical (unpaired) electrons. The van der Waals surface area contributed by atoms with Gasteiger partial charge in [0.1, 0.15) is 12.4 Å². The van der Waals surface area contributed by atoms with Crippen LogP contribution in [0.15, 0.2) is 48.5 Å². The number of likely N-dealkylation sites (tertiary alicyclic amines) is 1. The summed E-state index contributed by atoms with van der Waals surface area (Å²) in [5.74, 6) is -0.973. The van der Waals surface area contributed by atoms with Crippen molar-refractivity contribution in [3.8, 4) is 22.9 Å². The van der Waals surface area contributed by atoms with Crippen molar-refractivity contribution in [3.05, 3.63) is 54.1 Å². The smallest absolute Gasteiger partial charge is 0.304 e. The molecule has 0 spiro atoms. The first-order valence-electron chi connectivity index (χ1n) is 9.76. The summed E-state index contributed by atoms with van der Waals surface area (Å²) < 4.78 is 11.0. The molecule has 0 unspecified atom stereocenters. The van der Waals surface area contributed by atoms with E-state index in [0.717, 1.165) is 11.1 Å². The number of benzene rings is 2. The number of carbonyl (C=O) groups excluding carboxylic acids is 1. The van der Waals surface area contributed by atoms with Crippen LogP contribution in [0, 0.1) is 17.2 Å². The molecule has 7 heteroatoms. The molecular weight excluding hydrogens is 384 g/mol. The molecule has 2 aromatic carbocycles. The van der Waals surface area contributed by atoms with Crippen molar-refractivity contribution in [2.75, 3.05) is 26.9 Å². The summed E-state index contributed by atoms with van der Waals surface area (Å²) in [5, 5.41) is 18.0. The Balaban J connectivity index is 1.63. The number of carboxylic acids is 1. The van der Waals surface area contributed by atoms with Gasteiger partial charge in [0.15, 0.2) is 0 Å². The van der Waals surface area contributed by atoms with E-state index in [4.69, 9.17) is 19.8 Å². The Morgan fingerprint density at radius 1 is 1.17 bits per heavy atom. The van der Waals surface area contributed by atoms with Gasteiger partial charge in [-0.1, -0.05) is 24.3 Å². The van der Waals surface area contributed by atoms with E-state index in [-0.39, 0.29) is 18.4 Å². The maximum atomic E-state index is 12.5. The van der Waals surface area contributed by atoms with Gasteiger partial charge in [0.2, 0.25) is 5.91 Å². The fraction of sp³-hybridized carbons (Fsp3) is 0.348. The van der Waals surface area contributed by atoms with Crippen molar-refractivity contribution < 1.29 is 24.2 Å². The van der Waals surface area contributed by atoms with Gasteiger partial charge in [-0.2, -0.15) is 5.26 Å². The Hall–Kier alpha value is -3.37. The minimum atomic E-state index is -0.972. The van der Waals surface area contributed by atoms with Crippen molar-refractivity contribution in [1.82, 2.24) is 4.90 Å². The maximum absolute atomic E-state index is 12.5. The van der Waals surface area contributed by atoms with Gasteiger partial charge >= 0.3 is 5.97 Å². The van der Waals surface area contributed by atoms with Crippen LogP contribution in [-0.4, -0.2) is 54.8 Å². The molecule has 2 atom stereocenters. The monoisotopic (exact) mass is 408 g/mol. The highest BCUT2D eigenvalue weighted by Gasteiger charge is 2.40. The second-order valence-electron chi connectivity index (χ2n) is 7.23. The zero-order valence-corrected chi connectivity index (χ0v) is 16.8. The summed E-state index contributed by atoms with van der Waals surface area (Å²) in [6.45, 7) is 1.10. The highest BCUT2D eigenvalue weighted by molar-refractivity contribution is 5.85. The molecule has 1 amide bonds. The fourth-order valence-corrected chi connectivity index (χ4v) is 3.67. The van der Waals surface area contributed by atoms with Gasteiger partial charge < -0.3 is 19.5 Å². The predicted molar refractivity (Wildman–Crippen MR) is 110 cm³/mol. The molecule has 0 aliphatic carbocycles. The SMILES string of the molecule is COCCN1C(=O)[C@H](CC(=O)O)C[C@H]1COc1ccc(-c2ccc(C#N)cc2)cc1. The molecule has 1 aliphatic heterocycles. The van der Waals surface area contributed by atoms with Gasteiger partial charge in [0.05, 0.1) is 36.6 Å². The average molecular weight is 408 g/mol. The van der Waals surface area contributed by atoms with Gasteiger partial charge in [-0.25, -0.2) is 0 Å². The molecule has 0 saturated carbocycles. The number of hydrogen-bond acceptors (Lipinski definition) is 5. The van der Waals surface area contributed by atoms with E-state index in [1.807, 2.05) is 36.4 Å². The number of amides is 1. The molecule has 30 heavy (non-hydrogen) atoms. The second-order valence-corrected chi connectivity index (χ2v) is 7.23. The number of aliphatic carboxylic acids is 1. The highest BCUT2D eigenvalue weighted by atomic mass is 16.5. The second kappa shape index (κ2) is 9.90. The molecule has 0 bridgehead atoms. The fourth-order valence-electron chi connectivity index (χ4n) is 3.67. The van der Waals surface area contributed by atoms with E-state index in [0.29, 0.717) is 37.5 Å². The van der Waals surface area contributed by atoms with Gasteiger partial charge in [-0.3, -0.25) is 9.59 Å². The predicted octanol–water partition coefficient (Wildman–Crippen LogP) is 2.94. The highest BCUT2D eigenvalue weighted by Crippen LogP contribution is 2.28. The summed E-state index contributed by atoms with van der Waals surface area (Å²) in [6.07, 6.45) is 0.288. The van der Waals surface area contributed by atoms with E-state index in [2.05, 4.69) is 6.07 Å². The van der Waals surface area contributed by atoms with Crippen LogP contribution in [0.5, 0.6) is 5.75 Å². The van der Waals surface area contributed by atoms with E-state index >= 15 is 0 Å². The van der Waals surface area contributed by atoms with Crippen molar-refractivity contribution >= 4 is 11.9 Å². The van der Waals surface area contributed by atoms with E-state index < -0.39 is 11.9 Å². The molecule has 1 saturated heterocycles. The zero-order chi connectivity index (χ0) is 21.5. The topological polar surface area (TPSA) is 99.9 Å². The molecule has 2 aromatic rings. The Labute approximate surface area is 175 Å². The lowest BCUT2D eigenvalue weighted by atomic mass is 10.0. The summed E-state index contributed by atoms with van der Waals surface area (Å²) in [6, 6.07) is 16.9. The quantitative estimate of drug-likeness (QED) is 0.685. The number of carboxylic acid groups (broad SMARTS) is 1. The van der Waals surface area contributed by atoms with Crippen molar-refractivity contribution in [3.63, 3.8) is 0 Å². The first kappa shape index (κ1) is 21.3. The third-order valence-corrected chi connectivity index (χ3v) is 5.23.